The maximum absolute atomic E-state index is 11.7. The Balaban J connectivity index is 1.62. The zero-order valence-corrected chi connectivity index (χ0v) is 12.1. The molecule has 1 amide bonds. The molecule has 1 atom stereocenters. The van der Waals surface area contributed by atoms with Gasteiger partial charge in [0.1, 0.15) is 0 Å². The van der Waals surface area contributed by atoms with Crippen LogP contribution in [0.25, 0.3) is 0 Å². The summed E-state index contributed by atoms with van der Waals surface area (Å²) in [5, 5.41) is 4.86. The van der Waals surface area contributed by atoms with E-state index in [0.717, 1.165) is 38.4 Å². The first kappa shape index (κ1) is 14.4. The molecular weight excluding hydrogens is 262 g/mol. The summed E-state index contributed by atoms with van der Waals surface area (Å²) in [5.74, 6) is 0.105. The molecular formula is C13H21N3O2S. The zero-order valence-electron chi connectivity index (χ0n) is 11.3. The largest absolute Gasteiger partial charge is 0.379 e. The first-order valence-electron chi connectivity index (χ1n) is 6.71. The molecule has 0 aliphatic carbocycles. The van der Waals surface area contributed by atoms with Crippen LogP contribution in [-0.4, -0.2) is 48.1 Å². The van der Waals surface area contributed by atoms with Gasteiger partial charge in [0.2, 0.25) is 5.91 Å². The van der Waals surface area contributed by atoms with Crippen molar-refractivity contribution >= 4 is 17.2 Å². The van der Waals surface area contributed by atoms with Crippen LogP contribution in [0.15, 0.2) is 10.9 Å². The van der Waals surface area contributed by atoms with E-state index in [-0.39, 0.29) is 5.91 Å². The molecule has 5 nitrogen and oxygen atoms in total. The molecule has 0 radical (unpaired) electrons. The van der Waals surface area contributed by atoms with Crippen molar-refractivity contribution in [1.82, 2.24) is 15.2 Å². The van der Waals surface area contributed by atoms with Crippen LogP contribution in [0.5, 0.6) is 0 Å². The lowest BCUT2D eigenvalue weighted by Gasteiger charge is -2.32. The van der Waals surface area contributed by atoms with Crippen molar-refractivity contribution < 1.29 is 9.53 Å². The SMILES string of the molecule is C[C@H](CCC(=O)NCc1cscn1)N1CCOCC1. The van der Waals surface area contributed by atoms with Crippen molar-refractivity contribution in [3.05, 3.63) is 16.6 Å². The molecule has 1 aliphatic rings. The summed E-state index contributed by atoms with van der Waals surface area (Å²) in [4.78, 5) is 18.3. The second-order valence-electron chi connectivity index (χ2n) is 4.79. The van der Waals surface area contributed by atoms with Gasteiger partial charge in [0, 0.05) is 30.9 Å². The smallest absolute Gasteiger partial charge is 0.220 e. The molecule has 19 heavy (non-hydrogen) atoms. The van der Waals surface area contributed by atoms with E-state index in [1.54, 1.807) is 16.8 Å². The highest BCUT2D eigenvalue weighted by molar-refractivity contribution is 7.07. The fourth-order valence-corrected chi connectivity index (χ4v) is 2.70. The molecule has 1 aromatic rings. The third-order valence-electron chi connectivity index (χ3n) is 3.41. The number of carbonyl (C=O) groups is 1. The Kier molecular flexibility index (Phi) is 5.75. The summed E-state index contributed by atoms with van der Waals surface area (Å²) in [6, 6.07) is 0.439. The summed E-state index contributed by atoms with van der Waals surface area (Å²) in [6.07, 6.45) is 1.46. The summed E-state index contributed by atoms with van der Waals surface area (Å²) in [7, 11) is 0. The molecule has 106 valence electrons. The predicted molar refractivity (Wildman–Crippen MR) is 75.0 cm³/mol. The molecule has 2 rings (SSSR count). The number of rotatable bonds is 6. The standard InChI is InChI=1S/C13H21N3O2S/c1-11(16-4-6-18-7-5-16)2-3-13(17)14-8-12-9-19-10-15-12/h9-11H,2-8H2,1H3,(H,14,17)/t11-/m1/s1. The van der Waals surface area contributed by atoms with Crippen LogP contribution in [0.3, 0.4) is 0 Å². The maximum Gasteiger partial charge on any atom is 0.220 e. The quantitative estimate of drug-likeness (QED) is 0.854. The number of ether oxygens (including phenoxy) is 1. The highest BCUT2D eigenvalue weighted by Crippen LogP contribution is 2.09. The van der Waals surface area contributed by atoms with E-state index in [1.165, 1.54) is 0 Å². The molecule has 1 fully saturated rings. The van der Waals surface area contributed by atoms with Crippen LogP contribution in [0.4, 0.5) is 0 Å². The first-order chi connectivity index (χ1) is 9.25. The van der Waals surface area contributed by atoms with Crippen LogP contribution in [0, 0.1) is 0 Å². The van der Waals surface area contributed by atoms with Gasteiger partial charge in [0.05, 0.1) is 31.0 Å². The van der Waals surface area contributed by atoms with E-state index in [2.05, 4.69) is 22.1 Å². The number of nitrogens with zero attached hydrogens (tertiary/aromatic N) is 2. The van der Waals surface area contributed by atoms with Gasteiger partial charge in [-0.3, -0.25) is 9.69 Å². The predicted octanol–water partition coefficient (Wildman–Crippen LogP) is 1.26. The minimum atomic E-state index is 0.105. The van der Waals surface area contributed by atoms with Crippen LogP contribution in [0.1, 0.15) is 25.5 Å². The van der Waals surface area contributed by atoms with Gasteiger partial charge in [-0.15, -0.1) is 11.3 Å². The number of morpholine rings is 1. The molecule has 0 saturated carbocycles. The number of nitrogens with one attached hydrogen (secondary N) is 1. The fraction of sp³-hybridized carbons (Fsp3) is 0.692. The van der Waals surface area contributed by atoms with Crippen LogP contribution in [-0.2, 0) is 16.1 Å². The van der Waals surface area contributed by atoms with Gasteiger partial charge in [-0.2, -0.15) is 0 Å². The lowest BCUT2D eigenvalue weighted by molar-refractivity contribution is -0.121. The summed E-state index contributed by atoms with van der Waals surface area (Å²) in [5.41, 5.74) is 2.71. The van der Waals surface area contributed by atoms with Crippen molar-refractivity contribution in [3.63, 3.8) is 0 Å². The molecule has 1 aromatic heterocycles. The van der Waals surface area contributed by atoms with Gasteiger partial charge in [-0.25, -0.2) is 4.98 Å². The third-order valence-corrected chi connectivity index (χ3v) is 4.04. The second kappa shape index (κ2) is 7.57. The van der Waals surface area contributed by atoms with Crippen LogP contribution in [0.2, 0.25) is 0 Å². The molecule has 1 saturated heterocycles. The summed E-state index contributed by atoms with van der Waals surface area (Å²) < 4.78 is 5.33. The van der Waals surface area contributed by atoms with E-state index >= 15 is 0 Å². The number of thiazole rings is 1. The molecule has 0 aromatic carbocycles. The van der Waals surface area contributed by atoms with Crippen molar-refractivity contribution in [3.8, 4) is 0 Å². The maximum atomic E-state index is 11.7. The fourth-order valence-electron chi connectivity index (χ4n) is 2.14. The second-order valence-corrected chi connectivity index (χ2v) is 5.51. The lowest BCUT2D eigenvalue weighted by Crippen LogP contribution is -2.42. The minimum Gasteiger partial charge on any atom is -0.379 e. The van der Waals surface area contributed by atoms with E-state index in [0.29, 0.717) is 19.0 Å². The molecule has 6 heteroatoms. The average Bonchev–Trinajstić information content (AvgIpc) is 2.96. The Morgan fingerprint density at radius 3 is 3.05 bits per heavy atom. The number of hydrogen-bond donors (Lipinski definition) is 1. The first-order valence-corrected chi connectivity index (χ1v) is 7.65. The number of amides is 1. The highest BCUT2D eigenvalue weighted by atomic mass is 32.1. The summed E-state index contributed by atoms with van der Waals surface area (Å²) >= 11 is 1.55. The molecule has 1 aliphatic heterocycles. The van der Waals surface area contributed by atoms with E-state index in [9.17, 15) is 4.79 Å². The number of aromatic nitrogens is 1. The average molecular weight is 283 g/mol. The number of hydrogen-bond acceptors (Lipinski definition) is 5. The Labute approximate surface area is 118 Å². The summed E-state index contributed by atoms with van der Waals surface area (Å²) in [6.45, 7) is 6.28. The molecule has 0 unspecified atom stereocenters. The van der Waals surface area contributed by atoms with Gasteiger partial charge < -0.3 is 10.1 Å². The monoisotopic (exact) mass is 283 g/mol. The number of carbonyl (C=O) groups excluding carboxylic acids is 1. The Bertz CT molecular complexity index is 377. The van der Waals surface area contributed by atoms with Crippen molar-refractivity contribution in [1.29, 1.82) is 0 Å². The molecule has 0 spiro atoms. The minimum absolute atomic E-state index is 0.105. The third kappa shape index (κ3) is 4.89. The van der Waals surface area contributed by atoms with Crippen molar-refractivity contribution in [2.24, 2.45) is 0 Å². The lowest BCUT2D eigenvalue weighted by atomic mass is 10.1. The van der Waals surface area contributed by atoms with Crippen LogP contribution < -0.4 is 5.32 Å². The normalized spacial score (nSPS) is 18.2. The van der Waals surface area contributed by atoms with Gasteiger partial charge >= 0.3 is 0 Å². The molecule has 1 N–H and O–H groups in total. The van der Waals surface area contributed by atoms with Crippen molar-refractivity contribution in [2.75, 3.05) is 26.3 Å². The van der Waals surface area contributed by atoms with E-state index < -0.39 is 0 Å². The van der Waals surface area contributed by atoms with Gasteiger partial charge in [0.25, 0.3) is 0 Å². The topological polar surface area (TPSA) is 54.5 Å². The van der Waals surface area contributed by atoms with Gasteiger partial charge in [-0.05, 0) is 13.3 Å². The van der Waals surface area contributed by atoms with E-state index in [1.807, 2.05) is 5.38 Å². The highest BCUT2D eigenvalue weighted by Gasteiger charge is 2.17. The van der Waals surface area contributed by atoms with Crippen LogP contribution >= 0.6 is 11.3 Å². The zero-order chi connectivity index (χ0) is 13.5. The van der Waals surface area contributed by atoms with E-state index in [4.69, 9.17) is 4.74 Å². The Hall–Kier alpha value is -0.980. The van der Waals surface area contributed by atoms with Crippen molar-refractivity contribution in [2.45, 2.75) is 32.4 Å². The Morgan fingerprint density at radius 1 is 1.58 bits per heavy atom. The Morgan fingerprint density at radius 2 is 2.37 bits per heavy atom. The van der Waals surface area contributed by atoms with Gasteiger partial charge in [0.15, 0.2) is 0 Å². The molecule has 0 bridgehead atoms. The van der Waals surface area contributed by atoms with Gasteiger partial charge in [-0.1, -0.05) is 0 Å². The molecule has 2 heterocycles.